The van der Waals surface area contributed by atoms with Gasteiger partial charge in [-0.1, -0.05) is 13.8 Å². The Kier molecular flexibility index (Phi) is 5.66. The van der Waals surface area contributed by atoms with E-state index in [-0.39, 0.29) is 12.6 Å². The number of benzene rings is 1. The third-order valence-electron chi connectivity index (χ3n) is 2.15. The second-order valence-corrected chi connectivity index (χ2v) is 4.44. The van der Waals surface area contributed by atoms with Crippen molar-refractivity contribution in [2.24, 2.45) is 5.92 Å². The molecular weight excluding hydrogens is 248 g/mol. The van der Waals surface area contributed by atoms with Gasteiger partial charge in [0.2, 0.25) is 0 Å². The molecule has 0 heterocycles. The Morgan fingerprint density at radius 2 is 1.89 bits per heavy atom. The molecule has 0 atom stereocenters. The van der Waals surface area contributed by atoms with Gasteiger partial charge in [0.05, 0.1) is 0 Å². The van der Waals surface area contributed by atoms with E-state index in [0.29, 0.717) is 23.9 Å². The van der Waals surface area contributed by atoms with Gasteiger partial charge in [0.15, 0.2) is 6.61 Å². The molecule has 0 radical (unpaired) electrons. The number of hydrogen-bond donors (Lipinski definition) is 3. The summed E-state index contributed by atoms with van der Waals surface area (Å²) in [4.78, 5) is 21.8. The molecule has 0 aliphatic rings. The van der Waals surface area contributed by atoms with Crippen molar-refractivity contribution in [3.05, 3.63) is 24.3 Å². The molecule has 0 spiro atoms. The molecule has 6 nitrogen and oxygen atoms in total. The summed E-state index contributed by atoms with van der Waals surface area (Å²) >= 11 is 0. The Balaban J connectivity index is 2.43. The third kappa shape index (κ3) is 6.30. The van der Waals surface area contributed by atoms with Crippen LogP contribution < -0.4 is 15.4 Å². The normalized spacial score (nSPS) is 10.1. The Morgan fingerprint density at radius 1 is 1.26 bits per heavy atom. The minimum absolute atomic E-state index is 0.270. The lowest BCUT2D eigenvalue weighted by Gasteiger charge is -2.10. The Bertz CT molecular complexity index is 429. The lowest BCUT2D eigenvalue weighted by molar-refractivity contribution is -0.139. The topological polar surface area (TPSA) is 87.7 Å². The molecule has 0 saturated carbocycles. The molecule has 0 aliphatic heterocycles. The van der Waals surface area contributed by atoms with Gasteiger partial charge in [0, 0.05) is 12.2 Å². The van der Waals surface area contributed by atoms with Crippen LogP contribution in [-0.2, 0) is 4.79 Å². The van der Waals surface area contributed by atoms with Crippen LogP contribution in [0.3, 0.4) is 0 Å². The molecule has 0 aromatic heterocycles. The van der Waals surface area contributed by atoms with Crippen molar-refractivity contribution < 1.29 is 19.4 Å². The fourth-order valence-corrected chi connectivity index (χ4v) is 1.25. The number of nitrogens with one attached hydrogen (secondary N) is 2. The number of carboxylic acid groups (broad SMARTS) is 1. The predicted molar refractivity (Wildman–Crippen MR) is 71.4 cm³/mol. The summed E-state index contributed by atoms with van der Waals surface area (Å²) in [7, 11) is 0. The van der Waals surface area contributed by atoms with Gasteiger partial charge in [-0.15, -0.1) is 0 Å². The summed E-state index contributed by atoms with van der Waals surface area (Å²) in [6.45, 7) is 4.23. The van der Waals surface area contributed by atoms with Crippen molar-refractivity contribution in [1.29, 1.82) is 0 Å². The second-order valence-electron chi connectivity index (χ2n) is 4.44. The van der Waals surface area contributed by atoms with E-state index < -0.39 is 5.97 Å². The number of carbonyl (C=O) groups is 2. The minimum atomic E-state index is -1.03. The molecule has 0 bridgehead atoms. The van der Waals surface area contributed by atoms with Crippen molar-refractivity contribution in [1.82, 2.24) is 5.32 Å². The average Bonchev–Trinajstić information content (AvgIpc) is 2.35. The summed E-state index contributed by atoms with van der Waals surface area (Å²) in [5.41, 5.74) is 0.615. The van der Waals surface area contributed by atoms with Crippen LogP contribution in [0, 0.1) is 5.92 Å². The predicted octanol–water partition coefficient (Wildman–Crippen LogP) is 1.93. The highest BCUT2D eigenvalue weighted by molar-refractivity contribution is 5.89. The molecule has 3 N–H and O–H groups in total. The quantitative estimate of drug-likeness (QED) is 0.734. The molecule has 0 aliphatic carbocycles. The summed E-state index contributed by atoms with van der Waals surface area (Å²) < 4.78 is 4.98. The first kappa shape index (κ1) is 14.8. The van der Waals surface area contributed by atoms with Crippen molar-refractivity contribution >= 4 is 17.7 Å². The Labute approximate surface area is 111 Å². The van der Waals surface area contributed by atoms with E-state index in [1.807, 2.05) is 13.8 Å². The van der Waals surface area contributed by atoms with E-state index in [0.717, 1.165) is 0 Å². The first-order valence-corrected chi connectivity index (χ1v) is 5.97. The SMILES string of the molecule is CC(C)CNC(=O)Nc1ccc(OCC(=O)O)cc1. The molecule has 1 aromatic carbocycles. The Morgan fingerprint density at radius 3 is 2.42 bits per heavy atom. The molecule has 1 aromatic rings. The van der Waals surface area contributed by atoms with E-state index in [1.165, 1.54) is 0 Å². The van der Waals surface area contributed by atoms with Crippen molar-refractivity contribution in [3.63, 3.8) is 0 Å². The lowest BCUT2D eigenvalue weighted by atomic mass is 10.2. The van der Waals surface area contributed by atoms with Gasteiger partial charge in [0.1, 0.15) is 5.75 Å². The fraction of sp³-hybridized carbons (Fsp3) is 0.385. The van der Waals surface area contributed by atoms with Crippen LogP contribution in [0.1, 0.15) is 13.8 Å². The third-order valence-corrected chi connectivity index (χ3v) is 2.15. The molecule has 0 unspecified atom stereocenters. The molecule has 2 amide bonds. The Hall–Kier alpha value is -2.24. The van der Waals surface area contributed by atoms with Gasteiger partial charge < -0.3 is 20.5 Å². The first-order chi connectivity index (χ1) is 8.97. The lowest BCUT2D eigenvalue weighted by Crippen LogP contribution is -2.31. The number of urea groups is 1. The van der Waals surface area contributed by atoms with Gasteiger partial charge in [-0.2, -0.15) is 0 Å². The standard InChI is InChI=1S/C13H18N2O4/c1-9(2)7-14-13(18)15-10-3-5-11(6-4-10)19-8-12(16)17/h3-6,9H,7-8H2,1-2H3,(H,16,17)(H2,14,15,18). The number of ether oxygens (including phenoxy) is 1. The number of aliphatic carboxylic acids is 1. The van der Waals surface area contributed by atoms with Gasteiger partial charge in [-0.3, -0.25) is 0 Å². The average molecular weight is 266 g/mol. The number of anilines is 1. The van der Waals surface area contributed by atoms with Crippen LogP contribution in [0.15, 0.2) is 24.3 Å². The largest absolute Gasteiger partial charge is 0.482 e. The summed E-state index contributed by atoms with van der Waals surface area (Å²) in [5.74, 6) is -0.205. The van der Waals surface area contributed by atoms with Crippen molar-refractivity contribution in [2.75, 3.05) is 18.5 Å². The monoisotopic (exact) mass is 266 g/mol. The summed E-state index contributed by atoms with van der Waals surface area (Å²) in [5, 5.41) is 13.9. The van der Waals surface area contributed by atoms with Crippen LogP contribution in [0.4, 0.5) is 10.5 Å². The summed E-state index contributed by atoms with van der Waals surface area (Å²) in [6.07, 6.45) is 0. The van der Waals surface area contributed by atoms with Crippen LogP contribution in [0.2, 0.25) is 0 Å². The van der Waals surface area contributed by atoms with E-state index in [4.69, 9.17) is 9.84 Å². The highest BCUT2D eigenvalue weighted by atomic mass is 16.5. The highest BCUT2D eigenvalue weighted by Gasteiger charge is 2.03. The van der Waals surface area contributed by atoms with Gasteiger partial charge >= 0.3 is 12.0 Å². The van der Waals surface area contributed by atoms with E-state index in [2.05, 4.69) is 10.6 Å². The second kappa shape index (κ2) is 7.25. The zero-order chi connectivity index (χ0) is 14.3. The molecule has 0 saturated heterocycles. The maximum atomic E-state index is 11.5. The zero-order valence-electron chi connectivity index (χ0n) is 11.0. The fourth-order valence-electron chi connectivity index (χ4n) is 1.25. The van der Waals surface area contributed by atoms with Crippen molar-refractivity contribution in [2.45, 2.75) is 13.8 Å². The zero-order valence-corrected chi connectivity index (χ0v) is 11.0. The van der Waals surface area contributed by atoms with E-state index in [1.54, 1.807) is 24.3 Å². The van der Waals surface area contributed by atoms with Crippen LogP contribution in [0.5, 0.6) is 5.75 Å². The number of carboxylic acids is 1. The van der Waals surface area contributed by atoms with E-state index in [9.17, 15) is 9.59 Å². The number of carbonyl (C=O) groups excluding carboxylic acids is 1. The maximum absolute atomic E-state index is 11.5. The van der Waals surface area contributed by atoms with Gasteiger partial charge in [0.25, 0.3) is 0 Å². The smallest absolute Gasteiger partial charge is 0.341 e. The first-order valence-electron chi connectivity index (χ1n) is 5.97. The maximum Gasteiger partial charge on any atom is 0.341 e. The van der Waals surface area contributed by atoms with E-state index >= 15 is 0 Å². The number of amides is 2. The summed E-state index contributed by atoms with van der Waals surface area (Å²) in [6, 6.07) is 6.22. The molecule has 0 fully saturated rings. The van der Waals surface area contributed by atoms with Gasteiger partial charge in [-0.25, -0.2) is 9.59 Å². The van der Waals surface area contributed by atoms with Gasteiger partial charge in [-0.05, 0) is 30.2 Å². The minimum Gasteiger partial charge on any atom is -0.482 e. The van der Waals surface area contributed by atoms with Crippen LogP contribution >= 0.6 is 0 Å². The highest BCUT2D eigenvalue weighted by Crippen LogP contribution is 2.15. The molecule has 19 heavy (non-hydrogen) atoms. The molecule has 1 rings (SSSR count). The van der Waals surface area contributed by atoms with Crippen LogP contribution in [0.25, 0.3) is 0 Å². The molecule has 104 valence electrons. The molecular formula is C13H18N2O4. The number of hydrogen-bond acceptors (Lipinski definition) is 3. The van der Waals surface area contributed by atoms with Crippen LogP contribution in [-0.4, -0.2) is 30.3 Å². The van der Waals surface area contributed by atoms with Crippen molar-refractivity contribution in [3.8, 4) is 5.75 Å². The number of rotatable bonds is 6. The molecule has 6 heteroatoms.